The Kier molecular flexibility index (Phi) is 3.89. The first-order valence-electron chi connectivity index (χ1n) is 5.94. The lowest BCUT2D eigenvalue weighted by Crippen LogP contribution is -2.45. The number of likely N-dealkylation sites (N-methyl/N-ethyl adjacent to an activating group) is 1. The monoisotopic (exact) mass is 252 g/mol. The van der Waals surface area contributed by atoms with Gasteiger partial charge in [-0.2, -0.15) is 0 Å². The molecule has 0 spiro atoms. The highest BCUT2D eigenvalue weighted by atomic mass is 32.2. The van der Waals surface area contributed by atoms with E-state index in [2.05, 4.69) is 40.7 Å². The molecule has 2 heterocycles. The van der Waals surface area contributed by atoms with Crippen molar-refractivity contribution in [1.82, 2.24) is 14.9 Å². The Morgan fingerprint density at radius 1 is 1.06 bits per heavy atom. The van der Waals surface area contributed by atoms with Crippen molar-refractivity contribution in [2.24, 2.45) is 0 Å². The van der Waals surface area contributed by atoms with Crippen molar-refractivity contribution in [3.8, 4) is 0 Å². The number of anilines is 1. The highest BCUT2D eigenvalue weighted by molar-refractivity contribution is 7.98. The maximum atomic E-state index is 4.66. The molecule has 0 aliphatic carbocycles. The largest absolute Gasteiger partial charge is 0.354 e. The molecule has 0 bridgehead atoms. The van der Waals surface area contributed by atoms with E-state index in [1.54, 1.807) is 11.8 Å². The van der Waals surface area contributed by atoms with Crippen LogP contribution < -0.4 is 4.90 Å². The van der Waals surface area contributed by atoms with Gasteiger partial charge in [0.25, 0.3) is 0 Å². The molecular formula is C12H20N4S. The zero-order valence-corrected chi connectivity index (χ0v) is 11.8. The summed E-state index contributed by atoms with van der Waals surface area (Å²) in [6.07, 6.45) is 2.03. The molecule has 1 aromatic rings. The van der Waals surface area contributed by atoms with Crippen LogP contribution in [0.2, 0.25) is 0 Å². The lowest BCUT2D eigenvalue weighted by molar-refractivity contribution is 0.311. The predicted molar refractivity (Wildman–Crippen MR) is 73.0 cm³/mol. The Labute approximate surface area is 107 Å². The van der Waals surface area contributed by atoms with Gasteiger partial charge in [0.1, 0.15) is 5.82 Å². The molecule has 1 fully saturated rings. The number of piperazine rings is 1. The maximum Gasteiger partial charge on any atom is 0.189 e. The van der Waals surface area contributed by atoms with Gasteiger partial charge in [0.05, 0.1) is 0 Å². The van der Waals surface area contributed by atoms with Crippen LogP contribution in [-0.4, -0.2) is 54.4 Å². The Morgan fingerprint density at radius 3 is 2.29 bits per heavy atom. The van der Waals surface area contributed by atoms with Gasteiger partial charge in [-0.1, -0.05) is 11.8 Å². The van der Waals surface area contributed by atoms with Gasteiger partial charge >= 0.3 is 0 Å². The zero-order chi connectivity index (χ0) is 12.4. The summed E-state index contributed by atoms with van der Waals surface area (Å²) in [6.45, 7) is 8.51. The van der Waals surface area contributed by atoms with Crippen molar-refractivity contribution in [3.63, 3.8) is 0 Å². The first-order chi connectivity index (χ1) is 8.11. The second-order valence-corrected chi connectivity index (χ2v) is 5.31. The van der Waals surface area contributed by atoms with Gasteiger partial charge in [-0.3, -0.25) is 0 Å². The third kappa shape index (κ3) is 2.72. The third-order valence-electron chi connectivity index (χ3n) is 3.33. The van der Waals surface area contributed by atoms with Crippen molar-refractivity contribution in [2.75, 3.05) is 44.4 Å². The Morgan fingerprint density at radius 2 is 1.71 bits per heavy atom. The summed E-state index contributed by atoms with van der Waals surface area (Å²) < 4.78 is 0. The summed E-state index contributed by atoms with van der Waals surface area (Å²) in [5, 5.41) is 0.877. The van der Waals surface area contributed by atoms with Crippen molar-refractivity contribution in [1.29, 1.82) is 0 Å². The molecule has 2 rings (SSSR count). The molecule has 1 aliphatic heterocycles. The van der Waals surface area contributed by atoms with Crippen molar-refractivity contribution in [2.45, 2.75) is 19.0 Å². The normalized spacial score (nSPS) is 17.5. The summed E-state index contributed by atoms with van der Waals surface area (Å²) in [6, 6.07) is 0. The van der Waals surface area contributed by atoms with E-state index in [0.29, 0.717) is 0 Å². The number of aromatic nitrogens is 2. The molecule has 94 valence electrons. The molecule has 1 aromatic heterocycles. The minimum absolute atomic E-state index is 0.877. The van der Waals surface area contributed by atoms with E-state index in [-0.39, 0.29) is 0 Å². The second kappa shape index (κ2) is 5.23. The average molecular weight is 252 g/mol. The number of hydrogen-bond donors (Lipinski definition) is 0. The smallest absolute Gasteiger partial charge is 0.189 e. The molecule has 17 heavy (non-hydrogen) atoms. The molecule has 0 aromatic carbocycles. The molecule has 0 atom stereocenters. The van der Waals surface area contributed by atoms with Gasteiger partial charge in [0, 0.05) is 37.4 Å². The van der Waals surface area contributed by atoms with E-state index in [9.17, 15) is 0 Å². The fraction of sp³-hybridized carbons (Fsp3) is 0.667. The van der Waals surface area contributed by atoms with Crippen LogP contribution in [0.1, 0.15) is 11.3 Å². The first kappa shape index (κ1) is 12.6. The van der Waals surface area contributed by atoms with Crippen molar-refractivity contribution >= 4 is 17.6 Å². The van der Waals surface area contributed by atoms with Crippen LogP contribution in [-0.2, 0) is 0 Å². The summed E-state index contributed by atoms with van der Waals surface area (Å²) in [4.78, 5) is 13.9. The van der Waals surface area contributed by atoms with Gasteiger partial charge in [0.15, 0.2) is 5.16 Å². The van der Waals surface area contributed by atoms with Crippen LogP contribution in [0.3, 0.4) is 0 Å². The molecule has 5 heteroatoms. The molecule has 4 nitrogen and oxygen atoms in total. The van der Waals surface area contributed by atoms with Crippen molar-refractivity contribution < 1.29 is 0 Å². The van der Waals surface area contributed by atoms with Crippen LogP contribution in [0.5, 0.6) is 0 Å². The topological polar surface area (TPSA) is 32.3 Å². The Bertz CT molecular complexity index is 400. The molecule has 1 aliphatic rings. The SMILES string of the molecule is CSc1nc(C)c(C)c(N2CCN(C)CC2)n1. The standard InChI is InChI=1S/C12H20N4S/c1-9-10(2)13-12(17-4)14-11(9)16-7-5-15(3)6-8-16/h5-8H2,1-4H3. The molecule has 0 amide bonds. The van der Waals surface area contributed by atoms with E-state index in [1.165, 1.54) is 5.56 Å². The fourth-order valence-electron chi connectivity index (χ4n) is 2.01. The number of nitrogens with zero attached hydrogens (tertiary/aromatic N) is 4. The highest BCUT2D eigenvalue weighted by Gasteiger charge is 2.18. The zero-order valence-electron chi connectivity index (χ0n) is 11.0. The molecular weight excluding hydrogens is 232 g/mol. The molecule has 0 unspecified atom stereocenters. The molecule has 0 N–H and O–H groups in total. The second-order valence-electron chi connectivity index (χ2n) is 4.53. The minimum Gasteiger partial charge on any atom is -0.354 e. The predicted octanol–water partition coefficient (Wildman–Crippen LogP) is 1.57. The van der Waals surface area contributed by atoms with Gasteiger partial charge in [-0.25, -0.2) is 9.97 Å². The van der Waals surface area contributed by atoms with Crippen molar-refractivity contribution in [3.05, 3.63) is 11.3 Å². The summed E-state index contributed by atoms with van der Waals surface area (Å²) in [7, 11) is 2.17. The van der Waals surface area contributed by atoms with Gasteiger partial charge in [-0.05, 0) is 27.2 Å². The summed E-state index contributed by atoms with van der Waals surface area (Å²) in [5.41, 5.74) is 2.31. The van der Waals surface area contributed by atoms with Crippen LogP contribution in [0.4, 0.5) is 5.82 Å². The van der Waals surface area contributed by atoms with E-state index < -0.39 is 0 Å². The molecule has 0 saturated carbocycles. The van der Waals surface area contributed by atoms with Crippen LogP contribution >= 0.6 is 11.8 Å². The Hall–Kier alpha value is -0.810. The van der Waals surface area contributed by atoms with Gasteiger partial charge in [0.2, 0.25) is 0 Å². The lowest BCUT2D eigenvalue weighted by atomic mass is 10.2. The first-order valence-corrected chi connectivity index (χ1v) is 7.17. The number of rotatable bonds is 2. The third-order valence-corrected chi connectivity index (χ3v) is 3.88. The Balaban J connectivity index is 2.27. The van der Waals surface area contributed by atoms with E-state index >= 15 is 0 Å². The quantitative estimate of drug-likeness (QED) is 0.589. The fourth-order valence-corrected chi connectivity index (χ4v) is 2.41. The van der Waals surface area contributed by atoms with E-state index in [0.717, 1.165) is 42.8 Å². The summed E-state index contributed by atoms with van der Waals surface area (Å²) >= 11 is 1.61. The summed E-state index contributed by atoms with van der Waals surface area (Å²) in [5.74, 6) is 1.12. The average Bonchev–Trinajstić information content (AvgIpc) is 2.34. The minimum atomic E-state index is 0.877. The number of thioether (sulfide) groups is 1. The van der Waals surface area contributed by atoms with Crippen LogP contribution in [0, 0.1) is 13.8 Å². The molecule has 0 radical (unpaired) electrons. The maximum absolute atomic E-state index is 4.66. The van der Waals surface area contributed by atoms with E-state index in [4.69, 9.17) is 0 Å². The van der Waals surface area contributed by atoms with Crippen LogP contribution in [0.15, 0.2) is 5.16 Å². The van der Waals surface area contributed by atoms with E-state index in [1.807, 2.05) is 6.26 Å². The number of aryl methyl sites for hydroxylation is 1. The highest BCUT2D eigenvalue weighted by Crippen LogP contribution is 2.23. The van der Waals surface area contributed by atoms with Gasteiger partial charge < -0.3 is 9.80 Å². The lowest BCUT2D eigenvalue weighted by Gasteiger charge is -2.34. The molecule has 1 saturated heterocycles. The van der Waals surface area contributed by atoms with Gasteiger partial charge in [-0.15, -0.1) is 0 Å². The number of hydrogen-bond acceptors (Lipinski definition) is 5. The van der Waals surface area contributed by atoms with Crippen LogP contribution in [0.25, 0.3) is 0 Å².